The first kappa shape index (κ1) is 10.0. The van der Waals surface area contributed by atoms with Crippen molar-refractivity contribution in [3.05, 3.63) is 29.7 Å². The first-order valence-electron chi connectivity index (χ1n) is 3.86. The average molecular weight is 199 g/mol. The average Bonchev–Trinajstić information content (AvgIpc) is 2.44. The van der Waals surface area contributed by atoms with Crippen LogP contribution in [0.5, 0.6) is 0 Å². The molecule has 1 aromatic carbocycles. The molecule has 70 valence electrons. The fourth-order valence-electron chi connectivity index (χ4n) is 1.28. The zero-order valence-corrected chi connectivity index (χ0v) is 8.10. The Morgan fingerprint density at radius 1 is 1.46 bits per heavy atom. The number of fused-ring (bicyclic) bond motifs is 1. The molecule has 0 fully saturated rings. The molecule has 0 aliphatic rings. The second-order valence-electron chi connectivity index (χ2n) is 2.70. The second kappa shape index (κ2) is 3.77. The van der Waals surface area contributed by atoms with Gasteiger partial charge in [0.1, 0.15) is 5.52 Å². The quantitative estimate of drug-likeness (QED) is 0.763. The van der Waals surface area contributed by atoms with E-state index in [2.05, 4.69) is 4.98 Å². The van der Waals surface area contributed by atoms with Crippen molar-refractivity contribution in [1.82, 2.24) is 4.98 Å². The Morgan fingerprint density at radius 2 is 2.23 bits per heavy atom. The van der Waals surface area contributed by atoms with E-state index in [1.165, 1.54) is 0 Å². The molecule has 0 unspecified atom stereocenters. The standard InChI is InChI=1S/C9H10N2O.ClH/c1-6-11-9-7(5-10)3-2-4-8(9)12-6;/h2-4H,5,10H2,1H3;1H. The molecule has 0 bridgehead atoms. The van der Waals surface area contributed by atoms with Crippen LogP contribution < -0.4 is 5.73 Å². The van der Waals surface area contributed by atoms with Crippen LogP contribution in [0.25, 0.3) is 11.1 Å². The van der Waals surface area contributed by atoms with Gasteiger partial charge in [0.05, 0.1) is 0 Å². The van der Waals surface area contributed by atoms with Crippen molar-refractivity contribution in [2.45, 2.75) is 13.5 Å². The van der Waals surface area contributed by atoms with Gasteiger partial charge >= 0.3 is 0 Å². The molecule has 0 aliphatic carbocycles. The topological polar surface area (TPSA) is 52.0 Å². The molecule has 1 aromatic heterocycles. The van der Waals surface area contributed by atoms with Gasteiger partial charge < -0.3 is 10.2 Å². The molecule has 0 aliphatic heterocycles. The molecule has 4 heteroatoms. The van der Waals surface area contributed by atoms with Crippen LogP contribution in [0.2, 0.25) is 0 Å². The lowest BCUT2D eigenvalue weighted by atomic mass is 10.2. The largest absolute Gasteiger partial charge is 0.441 e. The summed E-state index contributed by atoms with van der Waals surface area (Å²) >= 11 is 0. The molecule has 3 nitrogen and oxygen atoms in total. The number of nitrogens with zero attached hydrogens (tertiary/aromatic N) is 1. The smallest absolute Gasteiger partial charge is 0.192 e. The number of oxazole rings is 1. The number of nitrogens with two attached hydrogens (primary N) is 1. The summed E-state index contributed by atoms with van der Waals surface area (Å²) in [5, 5.41) is 0. The summed E-state index contributed by atoms with van der Waals surface area (Å²) in [5.41, 5.74) is 8.28. The Labute approximate surface area is 82.3 Å². The van der Waals surface area contributed by atoms with Crippen molar-refractivity contribution >= 4 is 23.5 Å². The number of benzene rings is 1. The van der Waals surface area contributed by atoms with Gasteiger partial charge in [-0.2, -0.15) is 0 Å². The molecule has 0 saturated carbocycles. The second-order valence-corrected chi connectivity index (χ2v) is 2.70. The van der Waals surface area contributed by atoms with Crippen LogP contribution in [0, 0.1) is 6.92 Å². The highest BCUT2D eigenvalue weighted by Crippen LogP contribution is 2.18. The highest BCUT2D eigenvalue weighted by atomic mass is 35.5. The summed E-state index contributed by atoms with van der Waals surface area (Å²) in [6.07, 6.45) is 0. The van der Waals surface area contributed by atoms with Crippen molar-refractivity contribution in [3.63, 3.8) is 0 Å². The minimum atomic E-state index is 0. The van der Waals surface area contributed by atoms with E-state index >= 15 is 0 Å². The maximum absolute atomic E-state index is 5.54. The molecule has 0 atom stereocenters. The van der Waals surface area contributed by atoms with Gasteiger partial charge in [0.15, 0.2) is 11.5 Å². The summed E-state index contributed by atoms with van der Waals surface area (Å²) in [4.78, 5) is 4.24. The van der Waals surface area contributed by atoms with Crippen molar-refractivity contribution in [1.29, 1.82) is 0 Å². The van der Waals surface area contributed by atoms with Crippen LogP contribution >= 0.6 is 12.4 Å². The summed E-state index contributed by atoms with van der Waals surface area (Å²) in [6, 6.07) is 5.79. The van der Waals surface area contributed by atoms with Crippen molar-refractivity contribution in [2.75, 3.05) is 0 Å². The third-order valence-corrected chi connectivity index (χ3v) is 1.83. The summed E-state index contributed by atoms with van der Waals surface area (Å²) in [5.74, 6) is 0.686. The molecule has 2 N–H and O–H groups in total. The lowest BCUT2D eigenvalue weighted by Gasteiger charge is -1.94. The Hall–Kier alpha value is -1.06. The Balaban J connectivity index is 0.000000845. The summed E-state index contributed by atoms with van der Waals surface area (Å²) in [6.45, 7) is 2.34. The van der Waals surface area contributed by atoms with Gasteiger partial charge in [-0.3, -0.25) is 0 Å². The maximum atomic E-state index is 5.54. The van der Waals surface area contributed by atoms with E-state index < -0.39 is 0 Å². The highest BCUT2D eigenvalue weighted by molar-refractivity contribution is 5.85. The Morgan fingerprint density at radius 3 is 2.92 bits per heavy atom. The molecule has 0 amide bonds. The normalized spacial score (nSPS) is 10.0. The number of hydrogen-bond acceptors (Lipinski definition) is 3. The van der Waals surface area contributed by atoms with E-state index in [0.29, 0.717) is 12.4 Å². The zero-order chi connectivity index (χ0) is 8.55. The van der Waals surface area contributed by atoms with E-state index in [-0.39, 0.29) is 12.4 Å². The molecule has 0 radical (unpaired) electrons. The molecule has 2 rings (SSSR count). The van der Waals surface area contributed by atoms with E-state index in [9.17, 15) is 0 Å². The van der Waals surface area contributed by atoms with Crippen molar-refractivity contribution in [3.8, 4) is 0 Å². The summed E-state index contributed by atoms with van der Waals surface area (Å²) in [7, 11) is 0. The molecule has 2 aromatic rings. The van der Waals surface area contributed by atoms with E-state index in [4.69, 9.17) is 10.2 Å². The molecule has 1 heterocycles. The fourth-order valence-corrected chi connectivity index (χ4v) is 1.28. The van der Waals surface area contributed by atoms with E-state index in [1.54, 1.807) is 0 Å². The van der Waals surface area contributed by atoms with Crippen molar-refractivity contribution in [2.24, 2.45) is 5.73 Å². The third-order valence-electron chi connectivity index (χ3n) is 1.83. The molecule has 13 heavy (non-hydrogen) atoms. The number of aryl methyl sites for hydroxylation is 1. The number of rotatable bonds is 1. The van der Waals surface area contributed by atoms with Gasteiger partial charge in [-0.25, -0.2) is 4.98 Å². The fraction of sp³-hybridized carbons (Fsp3) is 0.222. The minimum absolute atomic E-state index is 0. The van der Waals surface area contributed by atoms with Crippen LogP contribution in [0.1, 0.15) is 11.5 Å². The zero-order valence-electron chi connectivity index (χ0n) is 7.28. The van der Waals surface area contributed by atoms with E-state index in [0.717, 1.165) is 16.7 Å². The lowest BCUT2D eigenvalue weighted by molar-refractivity contribution is 0.561. The van der Waals surface area contributed by atoms with Crippen LogP contribution in [0.15, 0.2) is 22.6 Å². The SMILES string of the molecule is Cc1nc2c(CN)cccc2o1.Cl. The number of halogens is 1. The van der Waals surface area contributed by atoms with Gasteiger partial charge in [0.2, 0.25) is 0 Å². The molecule has 0 saturated heterocycles. The maximum Gasteiger partial charge on any atom is 0.192 e. The monoisotopic (exact) mass is 198 g/mol. The minimum Gasteiger partial charge on any atom is -0.441 e. The third kappa shape index (κ3) is 1.66. The van der Waals surface area contributed by atoms with Gasteiger partial charge in [-0.15, -0.1) is 12.4 Å². The predicted molar refractivity (Wildman–Crippen MR) is 53.9 cm³/mol. The van der Waals surface area contributed by atoms with Gasteiger partial charge in [0, 0.05) is 13.5 Å². The Kier molecular flexibility index (Phi) is 2.90. The van der Waals surface area contributed by atoms with Crippen LogP contribution in [-0.2, 0) is 6.54 Å². The van der Waals surface area contributed by atoms with Gasteiger partial charge in [-0.05, 0) is 11.6 Å². The number of hydrogen-bond donors (Lipinski definition) is 1. The molecular weight excluding hydrogens is 188 g/mol. The number of para-hydroxylation sites is 1. The molecule has 0 spiro atoms. The Bertz CT molecular complexity index is 411. The van der Waals surface area contributed by atoms with Gasteiger partial charge in [0.25, 0.3) is 0 Å². The first-order chi connectivity index (χ1) is 5.81. The van der Waals surface area contributed by atoms with Crippen LogP contribution in [-0.4, -0.2) is 4.98 Å². The van der Waals surface area contributed by atoms with E-state index in [1.807, 2.05) is 25.1 Å². The van der Waals surface area contributed by atoms with Crippen LogP contribution in [0.3, 0.4) is 0 Å². The number of aromatic nitrogens is 1. The summed E-state index contributed by atoms with van der Waals surface area (Å²) < 4.78 is 5.34. The lowest BCUT2D eigenvalue weighted by Crippen LogP contribution is -1.96. The predicted octanol–water partition coefficient (Wildman–Crippen LogP) is 2.02. The molecular formula is C9H11ClN2O. The van der Waals surface area contributed by atoms with Crippen LogP contribution in [0.4, 0.5) is 0 Å². The highest BCUT2D eigenvalue weighted by Gasteiger charge is 2.04. The van der Waals surface area contributed by atoms with Gasteiger partial charge in [-0.1, -0.05) is 12.1 Å². The van der Waals surface area contributed by atoms with Crippen molar-refractivity contribution < 1.29 is 4.42 Å². The first-order valence-corrected chi connectivity index (χ1v) is 3.86.